The fourth-order valence-corrected chi connectivity index (χ4v) is 2.69. The van der Waals surface area contributed by atoms with Gasteiger partial charge < -0.3 is 5.73 Å². The molecule has 0 aliphatic rings. The molecule has 0 amide bonds. The number of benzene rings is 1. The van der Waals surface area contributed by atoms with Gasteiger partial charge in [-0.1, -0.05) is 46.2 Å². The summed E-state index contributed by atoms with van der Waals surface area (Å²) in [5.74, 6) is 0.991. The van der Waals surface area contributed by atoms with Gasteiger partial charge >= 0.3 is 0 Å². The highest BCUT2D eigenvalue weighted by atomic mass is 19.1. The van der Waals surface area contributed by atoms with Gasteiger partial charge in [-0.2, -0.15) is 0 Å². The van der Waals surface area contributed by atoms with E-state index in [4.69, 9.17) is 5.73 Å². The van der Waals surface area contributed by atoms with Crippen molar-refractivity contribution < 1.29 is 4.39 Å². The summed E-state index contributed by atoms with van der Waals surface area (Å²) in [6.45, 7) is 9.67. The fraction of sp³-hybridized carbons (Fsp3) is 0.647. The second-order valence-corrected chi connectivity index (χ2v) is 6.54. The van der Waals surface area contributed by atoms with Crippen molar-refractivity contribution >= 4 is 0 Å². The summed E-state index contributed by atoms with van der Waals surface area (Å²) in [6, 6.07) is 6.91. The summed E-state index contributed by atoms with van der Waals surface area (Å²) in [5, 5.41) is 0. The highest BCUT2D eigenvalue weighted by molar-refractivity contribution is 5.19. The van der Waals surface area contributed by atoms with Gasteiger partial charge in [-0.15, -0.1) is 0 Å². The van der Waals surface area contributed by atoms with Gasteiger partial charge in [-0.3, -0.25) is 0 Å². The minimum Gasteiger partial charge on any atom is -0.330 e. The SMILES string of the molecule is CCC(CC(C)c1ccc(F)cc1)CC(C)(C)CN. The molecule has 1 nitrogen and oxygen atoms in total. The molecule has 0 saturated carbocycles. The molecular weight excluding hydrogens is 237 g/mol. The molecular formula is C17H28FN. The van der Waals surface area contributed by atoms with Crippen molar-refractivity contribution in [1.29, 1.82) is 0 Å². The van der Waals surface area contributed by atoms with E-state index in [0.717, 1.165) is 19.4 Å². The molecule has 108 valence electrons. The van der Waals surface area contributed by atoms with Gasteiger partial charge in [0.2, 0.25) is 0 Å². The molecule has 0 saturated heterocycles. The van der Waals surface area contributed by atoms with Crippen LogP contribution in [0.3, 0.4) is 0 Å². The van der Waals surface area contributed by atoms with Crippen LogP contribution < -0.4 is 5.73 Å². The third-order valence-electron chi connectivity index (χ3n) is 4.10. The van der Waals surface area contributed by atoms with E-state index < -0.39 is 0 Å². The van der Waals surface area contributed by atoms with E-state index >= 15 is 0 Å². The lowest BCUT2D eigenvalue weighted by atomic mass is 9.77. The van der Waals surface area contributed by atoms with Crippen LogP contribution in [-0.2, 0) is 0 Å². The minimum absolute atomic E-state index is 0.160. The topological polar surface area (TPSA) is 26.0 Å². The zero-order valence-corrected chi connectivity index (χ0v) is 12.7. The third-order valence-corrected chi connectivity index (χ3v) is 4.10. The Morgan fingerprint density at radius 2 is 1.79 bits per heavy atom. The van der Waals surface area contributed by atoms with Crippen molar-refractivity contribution in [2.75, 3.05) is 6.54 Å². The Morgan fingerprint density at radius 3 is 2.26 bits per heavy atom. The van der Waals surface area contributed by atoms with Gasteiger partial charge in [0.05, 0.1) is 0 Å². The Hall–Kier alpha value is -0.890. The zero-order chi connectivity index (χ0) is 14.5. The average molecular weight is 265 g/mol. The van der Waals surface area contributed by atoms with Crippen LogP contribution in [-0.4, -0.2) is 6.54 Å². The molecule has 2 unspecified atom stereocenters. The standard InChI is InChI=1S/C17H28FN/c1-5-14(11-17(3,4)12-19)10-13(2)15-6-8-16(18)9-7-15/h6-9,13-14H,5,10-12,19H2,1-4H3. The summed E-state index contributed by atoms with van der Waals surface area (Å²) in [4.78, 5) is 0. The molecule has 19 heavy (non-hydrogen) atoms. The Balaban J connectivity index is 2.62. The molecule has 0 aliphatic carbocycles. The van der Waals surface area contributed by atoms with Crippen LogP contribution in [0, 0.1) is 17.2 Å². The van der Waals surface area contributed by atoms with E-state index in [-0.39, 0.29) is 11.2 Å². The maximum atomic E-state index is 12.9. The van der Waals surface area contributed by atoms with Crippen LogP contribution in [0.15, 0.2) is 24.3 Å². The van der Waals surface area contributed by atoms with Crippen LogP contribution in [0.25, 0.3) is 0 Å². The first kappa shape index (κ1) is 16.2. The van der Waals surface area contributed by atoms with Gasteiger partial charge in [0.15, 0.2) is 0 Å². The number of nitrogens with two attached hydrogens (primary N) is 1. The number of rotatable bonds is 7. The van der Waals surface area contributed by atoms with Crippen LogP contribution in [0.5, 0.6) is 0 Å². The largest absolute Gasteiger partial charge is 0.330 e. The molecule has 2 atom stereocenters. The molecule has 1 aromatic rings. The summed E-state index contributed by atoms with van der Waals surface area (Å²) in [5.41, 5.74) is 7.26. The monoisotopic (exact) mass is 265 g/mol. The van der Waals surface area contributed by atoms with Crippen molar-refractivity contribution in [3.05, 3.63) is 35.6 Å². The molecule has 0 fully saturated rings. The maximum Gasteiger partial charge on any atom is 0.123 e. The van der Waals surface area contributed by atoms with Crippen LogP contribution in [0.2, 0.25) is 0 Å². The first-order valence-electron chi connectivity index (χ1n) is 7.33. The van der Waals surface area contributed by atoms with Crippen molar-refractivity contribution in [3.8, 4) is 0 Å². The minimum atomic E-state index is -0.160. The summed E-state index contributed by atoms with van der Waals surface area (Å²) in [7, 11) is 0. The Kier molecular flexibility index (Phi) is 5.99. The lowest BCUT2D eigenvalue weighted by molar-refractivity contribution is 0.252. The number of hydrogen-bond donors (Lipinski definition) is 1. The molecule has 0 bridgehead atoms. The van der Waals surface area contributed by atoms with E-state index in [9.17, 15) is 4.39 Å². The summed E-state index contributed by atoms with van der Waals surface area (Å²) < 4.78 is 12.9. The van der Waals surface area contributed by atoms with Crippen LogP contribution >= 0.6 is 0 Å². The highest BCUT2D eigenvalue weighted by Gasteiger charge is 2.22. The number of hydrogen-bond acceptors (Lipinski definition) is 1. The Morgan fingerprint density at radius 1 is 1.21 bits per heavy atom. The van der Waals surface area contributed by atoms with E-state index in [1.165, 1.54) is 12.0 Å². The maximum absolute atomic E-state index is 12.9. The van der Waals surface area contributed by atoms with E-state index in [2.05, 4.69) is 27.7 Å². The second kappa shape index (κ2) is 7.04. The Bertz CT molecular complexity index is 369. The average Bonchev–Trinajstić information content (AvgIpc) is 2.38. The lowest BCUT2D eigenvalue weighted by Crippen LogP contribution is -2.26. The predicted octanol–water partition coefficient (Wildman–Crippen LogP) is 4.72. The first-order valence-corrected chi connectivity index (χ1v) is 7.33. The van der Waals surface area contributed by atoms with Gasteiger partial charge in [0, 0.05) is 0 Å². The quantitative estimate of drug-likeness (QED) is 0.758. The van der Waals surface area contributed by atoms with Gasteiger partial charge in [0.25, 0.3) is 0 Å². The first-order chi connectivity index (χ1) is 8.88. The zero-order valence-electron chi connectivity index (χ0n) is 12.7. The van der Waals surface area contributed by atoms with Gasteiger partial charge in [-0.05, 0) is 54.3 Å². The molecule has 0 spiro atoms. The molecule has 2 heteroatoms. The second-order valence-electron chi connectivity index (χ2n) is 6.54. The molecule has 0 aliphatic heterocycles. The van der Waals surface area contributed by atoms with Crippen LogP contribution in [0.4, 0.5) is 4.39 Å². The molecule has 1 rings (SSSR count). The van der Waals surface area contributed by atoms with Crippen molar-refractivity contribution in [1.82, 2.24) is 0 Å². The summed E-state index contributed by atoms with van der Waals surface area (Å²) >= 11 is 0. The third kappa shape index (κ3) is 5.32. The van der Waals surface area contributed by atoms with Crippen molar-refractivity contribution in [3.63, 3.8) is 0 Å². The summed E-state index contributed by atoms with van der Waals surface area (Å²) in [6.07, 6.45) is 3.48. The van der Waals surface area contributed by atoms with E-state index in [1.54, 1.807) is 12.1 Å². The van der Waals surface area contributed by atoms with E-state index in [1.807, 2.05) is 12.1 Å². The lowest BCUT2D eigenvalue weighted by Gasteiger charge is -2.29. The normalized spacial score (nSPS) is 15.3. The predicted molar refractivity (Wildman–Crippen MR) is 80.7 cm³/mol. The molecule has 0 radical (unpaired) electrons. The fourth-order valence-electron chi connectivity index (χ4n) is 2.69. The highest BCUT2D eigenvalue weighted by Crippen LogP contribution is 2.33. The molecule has 0 heterocycles. The smallest absolute Gasteiger partial charge is 0.123 e. The number of halogens is 1. The van der Waals surface area contributed by atoms with E-state index in [0.29, 0.717) is 11.8 Å². The molecule has 0 aromatic heterocycles. The van der Waals surface area contributed by atoms with Crippen LogP contribution in [0.1, 0.15) is 58.4 Å². The van der Waals surface area contributed by atoms with Gasteiger partial charge in [-0.25, -0.2) is 4.39 Å². The van der Waals surface area contributed by atoms with Crippen molar-refractivity contribution in [2.45, 2.75) is 52.9 Å². The van der Waals surface area contributed by atoms with Crippen molar-refractivity contribution in [2.24, 2.45) is 17.1 Å². The Labute approximate surface area is 117 Å². The molecule has 2 N–H and O–H groups in total. The van der Waals surface area contributed by atoms with Gasteiger partial charge in [0.1, 0.15) is 5.82 Å². The molecule has 1 aromatic carbocycles.